The Morgan fingerprint density at radius 3 is 2.48 bits per heavy atom. The lowest BCUT2D eigenvalue weighted by Gasteiger charge is -2.17. The number of aliphatic imine (C=N–C) groups is 1. The van der Waals surface area contributed by atoms with Gasteiger partial charge in [-0.3, -0.25) is 4.99 Å². The number of nitrogens with zero attached hydrogens (tertiary/aromatic N) is 1. The molecule has 0 bridgehead atoms. The Bertz CT molecular complexity index is 554. The third kappa shape index (κ3) is 9.03. The van der Waals surface area contributed by atoms with Crippen molar-refractivity contribution in [3.63, 3.8) is 0 Å². The minimum absolute atomic E-state index is 0. The van der Waals surface area contributed by atoms with Crippen molar-refractivity contribution in [2.45, 2.75) is 39.0 Å². The SMILES string of the molecule is CCC(C)NC(=NC)NCc1ccc(OCC(F)(F)F)c(OC)c1.I. The number of ether oxygens (including phenoxy) is 2. The van der Waals surface area contributed by atoms with Crippen molar-refractivity contribution in [2.75, 3.05) is 20.8 Å². The molecule has 0 heterocycles. The molecular weight excluding hydrogens is 450 g/mol. The predicted molar refractivity (Wildman–Crippen MR) is 103 cm³/mol. The standard InChI is InChI=1S/C16H24F3N3O2.HI/c1-5-11(2)22-15(20-3)21-9-12-6-7-13(14(8-12)23-4)24-10-16(17,18)19;/h6-8,11H,5,9-10H2,1-4H3,(H2,20,21,22);1H. The number of rotatable bonds is 7. The third-order valence-electron chi connectivity index (χ3n) is 3.30. The van der Waals surface area contributed by atoms with Gasteiger partial charge < -0.3 is 20.1 Å². The molecule has 5 nitrogen and oxygen atoms in total. The second-order valence-corrected chi connectivity index (χ2v) is 5.27. The molecule has 0 fully saturated rings. The van der Waals surface area contributed by atoms with E-state index >= 15 is 0 Å². The average molecular weight is 475 g/mol. The fraction of sp³-hybridized carbons (Fsp3) is 0.562. The van der Waals surface area contributed by atoms with Gasteiger partial charge in [0.25, 0.3) is 0 Å². The average Bonchev–Trinajstić information content (AvgIpc) is 2.55. The Balaban J connectivity index is 0.00000576. The zero-order valence-electron chi connectivity index (χ0n) is 14.7. The first kappa shape index (κ1) is 23.6. The highest BCUT2D eigenvalue weighted by Gasteiger charge is 2.29. The molecule has 0 saturated carbocycles. The fourth-order valence-electron chi connectivity index (χ4n) is 1.82. The van der Waals surface area contributed by atoms with Crippen LogP contribution in [0.4, 0.5) is 13.2 Å². The smallest absolute Gasteiger partial charge is 0.422 e. The van der Waals surface area contributed by atoms with E-state index in [0.717, 1.165) is 12.0 Å². The maximum Gasteiger partial charge on any atom is 0.422 e. The van der Waals surface area contributed by atoms with Crippen molar-refractivity contribution in [1.29, 1.82) is 0 Å². The number of hydrogen-bond donors (Lipinski definition) is 2. The molecule has 2 N–H and O–H groups in total. The summed E-state index contributed by atoms with van der Waals surface area (Å²) < 4.78 is 46.6. The van der Waals surface area contributed by atoms with Gasteiger partial charge in [-0.2, -0.15) is 13.2 Å². The molecule has 0 saturated heterocycles. The van der Waals surface area contributed by atoms with Crippen LogP contribution in [0.5, 0.6) is 11.5 Å². The quantitative estimate of drug-likeness (QED) is 0.359. The lowest BCUT2D eigenvalue weighted by Crippen LogP contribution is -2.41. The van der Waals surface area contributed by atoms with E-state index in [1.807, 2.05) is 6.92 Å². The van der Waals surface area contributed by atoms with Crippen LogP contribution in [0.3, 0.4) is 0 Å². The molecule has 9 heteroatoms. The molecule has 1 aromatic carbocycles. The van der Waals surface area contributed by atoms with Crippen LogP contribution in [-0.4, -0.2) is 38.9 Å². The minimum Gasteiger partial charge on any atom is -0.493 e. The summed E-state index contributed by atoms with van der Waals surface area (Å²) in [5, 5.41) is 6.36. The molecule has 0 radical (unpaired) electrons. The third-order valence-corrected chi connectivity index (χ3v) is 3.30. The van der Waals surface area contributed by atoms with Crippen molar-refractivity contribution in [1.82, 2.24) is 10.6 Å². The van der Waals surface area contributed by atoms with Crippen molar-refractivity contribution < 1.29 is 22.6 Å². The molecule has 0 amide bonds. The summed E-state index contributed by atoms with van der Waals surface area (Å²) in [4.78, 5) is 4.12. The summed E-state index contributed by atoms with van der Waals surface area (Å²) in [6, 6.07) is 5.06. The molecule has 25 heavy (non-hydrogen) atoms. The molecule has 0 spiro atoms. The molecule has 1 rings (SSSR count). The van der Waals surface area contributed by atoms with Crippen molar-refractivity contribution in [2.24, 2.45) is 4.99 Å². The normalized spacial score (nSPS) is 12.8. The van der Waals surface area contributed by atoms with E-state index in [2.05, 4.69) is 22.5 Å². The highest BCUT2D eigenvalue weighted by molar-refractivity contribution is 14.0. The van der Waals surface area contributed by atoms with Gasteiger partial charge in [0, 0.05) is 19.6 Å². The van der Waals surface area contributed by atoms with Crippen LogP contribution in [0.15, 0.2) is 23.2 Å². The van der Waals surface area contributed by atoms with Gasteiger partial charge in [-0.25, -0.2) is 0 Å². The summed E-state index contributed by atoms with van der Waals surface area (Å²) >= 11 is 0. The topological polar surface area (TPSA) is 54.9 Å². The monoisotopic (exact) mass is 475 g/mol. The van der Waals surface area contributed by atoms with E-state index in [1.165, 1.54) is 13.2 Å². The van der Waals surface area contributed by atoms with E-state index < -0.39 is 12.8 Å². The van der Waals surface area contributed by atoms with Gasteiger partial charge in [0.05, 0.1) is 7.11 Å². The first-order valence-electron chi connectivity index (χ1n) is 7.62. The maximum absolute atomic E-state index is 12.2. The number of alkyl halides is 3. The molecule has 1 unspecified atom stereocenters. The van der Waals surface area contributed by atoms with Gasteiger partial charge in [0.2, 0.25) is 0 Å². The Kier molecular flexibility index (Phi) is 10.6. The van der Waals surface area contributed by atoms with Crippen LogP contribution >= 0.6 is 24.0 Å². The van der Waals surface area contributed by atoms with E-state index in [4.69, 9.17) is 9.47 Å². The van der Waals surface area contributed by atoms with E-state index in [9.17, 15) is 13.2 Å². The second-order valence-electron chi connectivity index (χ2n) is 5.27. The van der Waals surface area contributed by atoms with E-state index in [1.54, 1.807) is 19.2 Å². The Labute approximate surface area is 163 Å². The zero-order chi connectivity index (χ0) is 18.2. The van der Waals surface area contributed by atoms with Gasteiger partial charge in [-0.15, -0.1) is 24.0 Å². The first-order valence-corrected chi connectivity index (χ1v) is 7.62. The number of methoxy groups -OCH3 is 1. The van der Waals surface area contributed by atoms with E-state index in [-0.39, 0.29) is 41.5 Å². The van der Waals surface area contributed by atoms with Gasteiger partial charge in [0.1, 0.15) is 0 Å². The van der Waals surface area contributed by atoms with Crippen LogP contribution in [0.1, 0.15) is 25.8 Å². The molecule has 1 atom stereocenters. The van der Waals surface area contributed by atoms with Crippen molar-refractivity contribution in [3.05, 3.63) is 23.8 Å². The largest absolute Gasteiger partial charge is 0.493 e. The van der Waals surface area contributed by atoms with Gasteiger partial charge in [0.15, 0.2) is 24.1 Å². The maximum atomic E-state index is 12.2. The number of benzene rings is 1. The molecule has 0 aliphatic rings. The van der Waals surface area contributed by atoms with Crippen LogP contribution in [-0.2, 0) is 6.54 Å². The summed E-state index contributed by atoms with van der Waals surface area (Å²) in [7, 11) is 3.06. The number of hydrogen-bond acceptors (Lipinski definition) is 3. The number of halogens is 4. The van der Waals surface area contributed by atoms with Crippen LogP contribution < -0.4 is 20.1 Å². The molecular formula is C16H25F3IN3O2. The van der Waals surface area contributed by atoms with Gasteiger partial charge in [-0.05, 0) is 31.0 Å². The Hall–Kier alpha value is -1.39. The Morgan fingerprint density at radius 1 is 1.28 bits per heavy atom. The lowest BCUT2D eigenvalue weighted by molar-refractivity contribution is -0.153. The molecule has 0 aliphatic heterocycles. The van der Waals surface area contributed by atoms with Crippen molar-refractivity contribution >= 4 is 29.9 Å². The van der Waals surface area contributed by atoms with Gasteiger partial charge in [-0.1, -0.05) is 13.0 Å². The fourth-order valence-corrected chi connectivity index (χ4v) is 1.82. The number of nitrogens with one attached hydrogen (secondary N) is 2. The lowest BCUT2D eigenvalue weighted by atomic mass is 10.2. The second kappa shape index (κ2) is 11.3. The summed E-state index contributed by atoms with van der Waals surface area (Å²) in [6.07, 6.45) is -3.43. The zero-order valence-corrected chi connectivity index (χ0v) is 17.1. The summed E-state index contributed by atoms with van der Waals surface area (Å²) in [5.74, 6) is 0.963. The highest BCUT2D eigenvalue weighted by Crippen LogP contribution is 2.29. The molecule has 0 aliphatic carbocycles. The van der Waals surface area contributed by atoms with Crippen LogP contribution in [0, 0.1) is 0 Å². The number of guanidine groups is 1. The first-order chi connectivity index (χ1) is 11.3. The summed E-state index contributed by atoms with van der Waals surface area (Å²) in [6.45, 7) is 3.20. The minimum atomic E-state index is -4.39. The van der Waals surface area contributed by atoms with Crippen LogP contribution in [0.2, 0.25) is 0 Å². The predicted octanol–water partition coefficient (Wildman–Crippen LogP) is 3.72. The van der Waals surface area contributed by atoms with E-state index in [0.29, 0.717) is 12.5 Å². The summed E-state index contributed by atoms with van der Waals surface area (Å²) in [5.41, 5.74) is 0.832. The van der Waals surface area contributed by atoms with Gasteiger partial charge >= 0.3 is 6.18 Å². The van der Waals surface area contributed by atoms with Crippen LogP contribution in [0.25, 0.3) is 0 Å². The highest BCUT2D eigenvalue weighted by atomic mass is 127. The Morgan fingerprint density at radius 2 is 1.96 bits per heavy atom. The van der Waals surface area contributed by atoms with Crippen molar-refractivity contribution in [3.8, 4) is 11.5 Å². The molecule has 144 valence electrons. The molecule has 1 aromatic rings. The molecule has 0 aromatic heterocycles.